The van der Waals surface area contributed by atoms with E-state index >= 15 is 0 Å². The van der Waals surface area contributed by atoms with Gasteiger partial charge in [-0.3, -0.25) is 0 Å². The molecule has 110 valence electrons. The van der Waals surface area contributed by atoms with Crippen molar-refractivity contribution in [2.45, 2.75) is 25.8 Å². The fourth-order valence-corrected chi connectivity index (χ4v) is 2.78. The van der Waals surface area contributed by atoms with E-state index in [-0.39, 0.29) is 6.04 Å². The van der Waals surface area contributed by atoms with Gasteiger partial charge >= 0.3 is 0 Å². The molecule has 0 aromatic heterocycles. The van der Waals surface area contributed by atoms with Gasteiger partial charge in [-0.15, -0.1) is 0 Å². The van der Waals surface area contributed by atoms with Crippen molar-refractivity contribution in [3.8, 4) is 11.5 Å². The van der Waals surface area contributed by atoms with Gasteiger partial charge in [-0.1, -0.05) is 30.3 Å². The van der Waals surface area contributed by atoms with E-state index in [1.165, 1.54) is 5.56 Å². The van der Waals surface area contributed by atoms with Gasteiger partial charge in [0, 0.05) is 5.56 Å². The summed E-state index contributed by atoms with van der Waals surface area (Å²) >= 11 is 0. The van der Waals surface area contributed by atoms with Crippen molar-refractivity contribution in [3.05, 3.63) is 59.2 Å². The maximum absolute atomic E-state index is 6.44. The van der Waals surface area contributed by atoms with E-state index in [0.29, 0.717) is 6.61 Å². The molecule has 1 aliphatic rings. The van der Waals surface area contributed by atoms with Crippen molar-refractivity contribution < 1.29 is 9.47 Å². The van der Waals surface area contributed by atoms with E-state index in [9.17, 15) is 0 Å². The van der Waals surface area contributed by atoms with E-state index in [0.717, 1.165) is 42.1 Å². The lowest BCUT2D eigenvalue weighted by Gasteiger charge is -2.23. The lowest BCUT2D eigenvalue weighted by molar-refractivity contribution is 0.284. The highest BCUT2D eigenvalue weighted by Crippen LogP contribution is 2.34. The van der Waals surface area contributed by atoms with Crippen LogP contribution in [0.15, 0.2) is 42.5 Å². The Morgan fingerprint density at radius 3 is 2.76 bits per heavy atom. The predicted molar refractivity (Wildman–Crippen MR) is 83.9 cm³/mol. The Bertz CT molecular complexity index is 607. The molecule has 1 unspecified atom stereocenters. The smallest absolute Gasteiger partial charge is 0.127 e. The van der Waals surface area contributed by atoms with Gasteiger partial charge < -0.3 is 15.2 Å². The number of benzene rings is 2. The standard InChI is InChI=1S/C18H21NO2/c1-2-20-15-10-8-13(9-11-15)17(19)16-7-3-5-14-6-4-12-21-18(14)16/h3,5,7-11,17H,2,4,6,12,19H2,1H3. The molecule has 3 rings (SSSR count). The Morgan fingerprint density at radius 2 is 2.00 bits per heavy atom. The molecule has 0 saturated heterocycles. The molecule has 0 radical (unpaired) electrons. The Morgan fingerprint density at radius 1 is 1.19 bits per heavy atom. The molecule has 0 fully saturated rings. The highest BCUT2D eigenvalue weighted by molar-refractivity contribution is 5.48. The molecule has 0 aliphatic carbocycles. The Balaban J connectivity index is 1.89. The third-order valence-corrected chi connectivity index (χ3v) is 3.85. The summed E-state index contributed by atoms with van der Waals surface area (Å²) in [4.78, 5) is 0. The van der Waals surface area contributed by atoms with Gasteiger partial charge in [0.1, 0.15) is 11.5 Å². The van der Waals surface area contributed by atoms with Gasteiger partial charge in [0.05, 0.1) is 19.3 Å². The molecule has 0 saturated carbocycles. The zero-order chi connectivity index (χ0) is 14.7. The molecule has 2 aromatic rings. The summed E-state index contributed by atoms with van der Waals surface area (Å²) in [5, 5.41) is 0. The predicted octanol–water partition coefficient (Wildman–Crippen LogP) is 3.46. The lowest BCUT2D eigenvalue weighted by Crippen LogP contribution is -2.17. The van der Waals surface area contributed by atoms with Gasteiger partial charge in [0.2, 0.25) is 0 Å². The van der Waals surface area contributed by atoms with Crippen molar-refractivity contribution in [2.24, 2.45) is 5.73 Å². The molecule has 1 aliphatic heterocycles. The molecule has 0 amide bonds. The van der Waals surface area contributed by atoms with Crippen molar-refractivity contribution in [3.63, 3.8) is 0 Å². The van der Waals surface area contributed by atoms with Crippen molar-refractivity contribution in [1.29, 1.82) is 0 Å². The largest absolute Gasteiger partial charge is 0.494 e. The summed E-state index contributed by atoms with van der Waals surface area (Å²) in [5.74, 6) is 1.85. The number of ether oxygens (including phenoxy) is 2. The van der Waals surface area contributed by atoms with Gasteiger partial charge in [0.15, 0.2) is 0 Å². The molecule has 21 heavy (non-hydrogen) atoms. The molecular formula is C18H21NO2. The Hall–Kier alpha value is -2.00. The average molecular weight is 283 g/mol. The number of hydrogen-bond acceptors (Lipinski definition) is 3. The van der Waals surface area contributed by atoms with Crippen LogP contribution in [0.5, 0.6) is 11.5 Å². The first-order chi connectivity index (χ1) is 10.3. The minimum Gasteiger partial charge on any atom is -0.494 e. The second-order valence-electron chi connectivity index (χ2n) is 5.27. The normalized spacial score (nSPS) is 15.0. The molecule has 0 bridgehead atoms. The van der Waals surface area contributed by atoms with Gasteiger partial charge in [-0.05, 0) is 43.0 Å². The van der Waals surface area contributed by atoms with Crippen LogP contribution in [-0.4, -0.2) is 13.2 Å². The number of aryl methyl sites for hydroxylation is 1. The summed E-state index contributed by atoms with van der Waals surface area (Å²) in [5.41, 5.74) is 9.84. The van der Waals surface area contributed by atoms with Crippen LogP contribution in [0.1, 0.15) is 36.1 Å². The monoisotopic (exact) mass is 283 g/mol. The number of fused-ring (bicyclic) bond motifs is 1. The molecule has 1 heterocycles. The van der Waals surface area contributed by atoms with Crippen LogP contribution in [0.3, 0.4) is 0 Å². The maximum atomic E-state index is 6.44. The zero-order valence-corrected chi connectivity index (χ0v) is 12.3. The van der Waals surface area contributed by atoms with Crippen LogP contribution in [0.25, 0.3) is 0 Å². The second-order valence-corrected chi connectivity index (χ2v) is 5.27. The molecule has 1 atom stereocenters. The summed E-state index contributed by atoms with van der Waals surface area (Å²) in [6.45, 7) is 3.43. The topological polar surface area (TPSA) is 44.5 Å². The SMILES string of the molecule is CCOc1ccc(C(N)c2cccc3c2OCCC3)cc1. The molecule has 3 heteroatoms. The van der Waals surface area contributed by atoms with Gasteiger partial charge in [-0.25, -0.2) is 0 Å². The number of rotatable bonds is 4. The Labute approximate surface area is 125 Å². The number of hydrogen-bond donors (Lipinski definition) is 1. The second kappa shape index (κ2) is 6.19. The van der Waals surface area contributed by atoms with Crippen LogP contribution in [0, 0.1) is 0 Å². The third kappa shape index (κ3) is 2.88. The molecule has 3 nitrogen and oxygen atoms in total. The number of para-hydroxylation sites is 1. The van der Waals surface area contributed by atoms with Crippen LogP contribution in [0.2, 0.25) is 0 Å². The number of nitrogens with two attached hydrogens (primary N) is 1. The third-order valence-electron chi connectivity index (χ3n) is 3.85. The molecule has 2 N–H and O–H groups in total. The van der Waals surface area contributed by atoms with Crippen molar-refractivity contribution in [1.82, 2.24) is 0 Å². The zero-order valence-electron chi connectivity index (χ0n) is 12.3. The summed E-state index contributed by atoms with van der Waals surface area (Å²) < 4.78 is 11.3. The Kier molecular flexibility index (Phi) is 4.11. The van der Waals surface area contributed by atoms with E-state index in [1.807, 2.05) is 31.2 Å². The quantitative estimate of drug-likeness (QED) is 0.934. The van der Waals surface area contributed by atoms with Gasteiger partial charge in [-0.2, -0.15) is 0 Å². The summed E-state index contributed by atoms with van der Waals surface area (Å²) in [6, 6.07) is 14.1. The highest BCUT2D eigenvalue weighted by atomic mass is 16.5. The molecule has 2 aromatic carbocycles. The maximum Gasteiger partial charge on any atom is 0.127 e. The van der Waals surface area contributed by atoms with Gasteiger partial charge in [0.25, 0.3) is 0 Å². The molecule has 0 spiro atoms. The highest BCUT2D eigenvalue weighted by Gasteiger charge is 2.19. The fraction of sp³-hybridized carbons (Fsp3) is 0.333. The first-order valence-electron chi connectivity index (χ1n) is 7.52. The van der Waals surface area contributed by atoms with Crippen LogP contribution < -0.4 is 15.2 Å². The van der Waals surface area contributed by atoms with Crippen LogP contribution >= 0.6 is 0 Å². The first kappa shape index (κ1) is 14.0. The van der Waals surface area contributed by atoms with E-state index < -0.39 is 0 Å². The van der Waals surface area contributed by atoms with E-state index in [1.54, 1.807) is 0 Å². The van der Waals surface area contributed by atoms with Crippen LogP contribution in [0.4, 0.5) is 0 Å². The fourth-order valence-electron chi connectivity index (χ4n) is 2.78. The van der Waals surface area contributed by atoms with Crippen molar-refractivity contribution in [2.75, 3.05) is 13.2 Å². The minimum atomic E-state index is -0.172. The van der Waals surface area contributed by atoms with E-state index in [4.69, 9.17) is 15.2 Å². The molecular weight excluding hydrogens is 262 g/mol. The summed E-state index contributed by atoms with van der Waals surface area (Å²) in [6.07, 6.45) is 2.15. The van der Waals surface area contributed by atoms with E-state index in [2.05, 4.69) is 18.2 Å². The van der Waals surface area contributed by atoms with Crippen molar-refractivity contribution >= 4 is 0 Å². The summed E-state index contributed by atoms with van der Waals surface area (Å²) in [7, 11) is 0. The first-order valence-corrected chi connectivity index (χ1v) is 7.52. The average Bonchev–Trinajstić information content (AvgIpc) is 2.55. The lowest BCUT2D eigenvalue weighted by atomic mass is 9.94. The van der Waals surface area contributed by atoms with Crippen LogP contribution in [-0.2, 0) is 6.42 Å². The minimum absolute atomic E-state index is 0.172.